The smallest absolute Gasteiger partial charge is 0.174 e. The van der Waals surface area contributed by atoms with Crippen LogP contribution < -0.4 is 0 Å². The number of hydrogen-bond donors (Lipinski definition) is 1. The van der Waals surface area contributed by atoms with Gasteiger partial charge in [-0.15, -0.1) is 0 Å². The highest BCUT2D eigenvalue weighted by Gasteiger charge is 2.65. The second-order valence-electron chi connectivity index (χ2n) is 9.60. The predicted octanol–water partition coefficient (Wildman–Crippen LogP) is 4.05. The summed E-state index contributed by atoms with van der Waals surface area (Å²) < 4.78 is 12.4. The molecule has 0 aromatic rings. The maximum atomic E-state index is 10.1. The Morgan fingerprint density at radius 3 is 2.62 bits per heavy atom. The van der Waals surface area contributed by atoms with Crippen molar-refractivity contribution in [2.75, 3.05) is 13.2 Å². The first-order valence-electron chi connectivity index (χ1n) is 10.2. The summed E-state index contributed by atoms with van der Waals surface area (Å²) in [5.41, 5.74) is 2.22. The molecule has 1 spiro atoms. The van der Waals surface area contributed by atoms with Gasteiger partial charge < -0.3 is 14.6 Å². The van der Waals surface area contributed by atoms with E-state index in [1.807, 2.05) is 0 Å². The van der Waals surface area contributed by atoms with Crippen molar-refractivity contribution in [3.05, 3.63) is 11.6 Å². The van der Waals surface area contributed by atoms with Crippen LogP contribution in [-0.2, 0) is 9.47 Å². The van der Waals surface area contributed by atoms with Crippen LogP contribution in [0.4, 0.5) is 0 Å². The molecular weight excluding hydrogens is 300 g/mol. The Labute approximate surface area is 145 Å². The Bertz CT molecular complexity index is 563. The molecule has 1 aliphatic heterocycles. The SMILES string of the molecule is C[C@@]12CC[C@H](O)C[C@H]1CC[C@H]1C2=CC[C@]2(C)[C@@H]1CCC21OCCO1. The van der Waals surface area contributed by atoms with Crippen molar-refractivity contribution in [3.63, 3.8) is 0 Å². The van der Waals surface area contributed by atoms with Crippen molar-refractivity contribution >= 4 is 0 Å². The van der Waals surface area contributed by atoms with Gasteiger partial charge in [0.05, 0.1) is 19.3 Å². The molecule has 1 N–H and O–H groups in total. The maximum Gasteiger partial charge on any atom is 0.174 e. The Balaban J connectivity index is 1.51. The molecule has 1 heterocycles. The largest absolute Gasteiger partial charge is 0.393 e. The molecule has 24 heavy (non-hydrogen) atoms. The topological polar surface area (TPSA) is 38.7 Å². The second-order valence-corrected chi connectivity index (χ2v) is 9.60. The molecule has 0 aromatic heterocycles. The third kappa shape index (κ3) is 1.84. The average molecular weight is 332 g/mol. The molecule has 1 saturated heterocycles. The molecule has 0 unspecified atom stereocenters. The van der Waals surface area contributed by atoms with Crippen molar-refractivity contribution in [2.45, 2.75) is 77.1 Å². The predicted molar refractivity (Wildman–Crippen MR) is 92.3 cm³/mol. The highest BCUT2D eigenvalue weighted by Crippen LogP contribution is 2.67. The Morgan fingerprint density at radius 1 is 1.04 bits per heavy atom. The minimum Gasteiger partial charge on any atom is -0.393 e. The van der Waals surface area contributed by atoms with Crippen molar-refractivity contribution in [2.24, 2.45) is 28.6 Å². The van der Waals surface area contributed by atoms with E-state index in [1.54, 1.807) is 5.57 Å². The fraction of sp³-hybridized carbons (Fsp3) is 0.905. The van der Waals surface area contributed by atoms with Crippen LogP contribution >= 0.6 is 0 Å². The molecule has 4 fully saturated rings. The third-order valence-electron chi connectivity index (χ3n) is 8.80. The van der Waals surface area contributed by atoms with Crippen LogP contribution in [0.3, 0.4) is 0 Å². The van der Waals surface area contributed by atoms with Gasteiger partial charge in [-0.1, -0.05) is 25.5 Å². The molecule has 6 atom stereocenters. The van der Waals surface area contributed by atoms with Crippen LogP contribution in [0.2, 0.25) is 0 Å². The quantitative estimate of drug-likeness (QED) is 0.680. The van der Waals surface area contributed by atoms with Gasteiger partial charge in [0.2, 0.25) is 0 Å². The molecule has 5 aliphatic rings. The van der Waals surface area contributed by atoms with E-state index >= 15 is 0 Å². The van der Waals surface area contributed by atoms with Crippen molar-refractivity contribution < 1.29 is 14.6 Å². The monoisotopic (exact) mass is 332 g/mol. The van der Waals surface area contributed by atoms with Crippen LogP contribution in [0.1, 0.15) is 65.2 Å². The molecule has 3 saturated carbocycles. The van der Waals surface area contributed by atoms with E-state index in [4.69, 9.17) is 9.47 Å². The molecule has 4 aliphatic carbocycles. The van der Waals surface area contributed by atoms with Gasteiger partial charge in [-0.25, -0.2) is 0 Å². The van der Waals surface area contributed by atoms with Crippen LogP contribution in [-0.4, -0.2) is 30.2 Å². The molecule has 0 amide bonds. The number of allylic oxidation sites excluding steroid dienone is 2. The summed E-state index contributed by atoms with van der Waals surface area (Å²) in [7, 11) is 0. The summed E-state index contributed by atoms with van der Waals surface area (Å²) >= 11 is 0. The van der Waals surface area contributed by atoms with Crippen LogP contribution in [0.5, 0.6) is 0 Å². The molecule has 3 heteroatoms. The molecule has 5 rings (SSSR count). The zero-order valence-corrected chi connectivity index (χ0v) is 15.2. The number of ether oxygens (including phenoxy) is 2. The van der Waals surface area contributed by atoms with Gasteiger partial charge in [-0.2, -0.15) is 0 Å². The lowest BCUT2D eigenvalue weighted by Gasteiger charge is -2.57. The first-order valence-corrected chi connectivity index (χ1v) is 10.2. The number of rotatable bonds is 0. The number of aliphatic hydroxyl groups is 1. The van der Waals surface area contributed by atoms with Gasteiger partial charge in [-0.3, -0.25) is 0 Å². The summed E-state index contributed by atoms with van der Waals surface area (Å²) in [6, 6.07) is 0. The van der Waals surface area contributed by atoms with E-state index in [9.17, 15) is 5.11 Å². The lowest BCUT2D eigenvalue weighted by molar-refractivity contribution is -0.229. The second kappa shape index (κ2) is 5.08. The fourth-order valence-corrected chi connectivity index (χ4v) is 7.39. The van der Waals surface area contributed by atoms with Crippen molar-refractivity contribution in [1.29, 1.82) is 0 Å². The van der Waals surface area contributed by atoms with E-state index in [2.05, 4.69) is 19.9 Å². The highest BCUT2D eigenvalue weighted by atomic mass is 16.7. The highest BCUT2D eigenvalue weighted by molar-refractivity contribution is 5.30. The summed E-state index contributed by atoms with van der Waals surface area (Å²) in [5.74, 6) is 1.80. The van der Waals surface area contributed by atoms with Crippen LogP contribution in [0.25, 0.3) is 0 Å². The molecule has 3 nitrogen and oxygen atoms in total. The van der Waals surface area contributed by atoms with Crippen LogP contribution in [0.15, 0.2) is 11.6 Å². The number of hydrogen-bond acceptors (Lipinski definition) is 3. The van der Waals surface area contributed by atoms with Gasteiger partial charge >= 0.3 is 0 Å². The lowest BCUT2D eigenvalue weighted by atomic mass is 9.49. The lowest BCUT2D eigenvalue weighted by Crippen LogP contribution is -2.52. The third-order valence-corrected chi connectivity index (χ3v) is 8.80. The van der Waals surface area contributed by atoms with Gasteiger partial charge in [0, 0.05) is 11.8 Å². The molecule has 0 radical (unpaired) electrons. The normalized spacial score (nSPS) is 52.5. The Morgan fingerprint density at radius 2 is 1.83 bits per heavy atom. The van der Waals surface area contributed by atoms with Gasteiger partial charge in [0.25, 0.3) is 0 Å². The van der Waals surface area contributed by atoms with Crippen molar-refractivity contribution in [1.82, 2.24) is 0 Å². The molecular formula is C21H32O3. The number of aliphatic hydroxyl groups excluding tert-OH is 1. The molecule has 134 valence electrons. The standard InChI is InChI=1S/C21H32O3/c1-19-8-5-15(22)13-14(19)3-4-16-17(19)6-9-20(2)18(16)7-10-21(20)23-11-12-24-21/h6,14-16,18,22H,3-5,7-13H2,1-2H3/t14-,15+,16+,18-,19-,20-/m1/s1. The molecule has 0 bridgehead atoms. The zero-order valence-electron chi connectivity index (χ0n) is 15.2. The average Bonchev–Trinajstić information content (AvgIpc) is 3.15. The fourth-order valence-electron chi connectivity index (χ4n) is 7.39. The molecule has 0 aromatic carbocycles. The maximum absolute atomic E-state index is 10.1. The minimum absolute atomic E-state index is 0.0656. The summed E-state index contributed by atoms with van der Waals surface area (Å²) in [4.78, 5) is 0. The van der Waals surface area contributed by atoms with Gasteiger partial charge in [-0.05, 0) is 68.1 Å². The Kier molecular flexibility index (Phi) is 3.35. The van der Waals surface area contributed by atoms with E-state index < -0.39 is 0 Å². The summed E-state index contributed by atoms with van der Waals surface area (Å²) in [6.07, 6.45) is 11.7. The van der Waals surface area contributed by atoms with E-state index in [0.29, 0.717) is 23.2 Å². The first kappa shape index (κ1) is 15.8. The minimum atomic E-state index is -0.305. The van der Waals surface area contributed by atoms with E-state index in [0.717, 1.165) is 38.9 Å². The summed E-state index contributed by atoms with van der Waals surface area (Å²) in [5, 5.41) is 10.1. The van der Waals surface area contributed by atoms with E-state index in [1.165, 1.54) is 25.7 Å². The van der Waals surface area contributed by atoms with Gasteiger partial charge in [0.15, 0.2) is 5.79 Å². The zero-order chi connectivity index (χ0) is 16.6. The Hall–Kier alpha value is -0.380. The van der Waals surface area contributed by atoms with Crippen LogP contribution in [0, 0.1) is 28.6 Å². The summed E-state index contributed by atoms with van der Waals surface area (Å²) in [6.45, 7) is 6.46. The van der Waals surface area contributed by atoms with Crippen molar-refractivity contribution in [3.8, 4) is 0 Å². The van der Waals surface area contributed by atoms with Gasteiger partial charge in [0.1, 0.15) is 0 Å². The van der Waals surface area contributed by atoms with E-state index in [-0.39, 0.29) is 17.3 Å². The first-order chi connectivity index (χ1) is 11.5. The number of fused-ring (bicyclic) bond motifs is 6.